The summed E-state index contributed by atoms with van der Waals surface area (Å²) in [5.74, 6) is 7.07. The van der Waals surface area contributed by atoms with Crippen molar-refractivity contribution < 1.29 is 0 Å². The van der Waals surface area contributed by atoms with Crippen LogP contribution in [0.3, 0.4) is 0 Å². The first-order valence-corrected chi connectivity index (χ1v) is 8.89. The molecule has 0 atom stereocenters. The van der Waals surface area contributed by atoms with Crippen molar-refractivity contribution in [2.24, 2.45) is 5.41 Å². The highest BCUT2D eigenvalue weighted by Crippen LogP contribution is 2.29. The fraction of sp³-hybridized carbons (Fsp3) is 0.318. The standard InChI is InChI=1S/C22H21N3O/c1-15-4-7-17(23-13-15)8-5-16-6-9-18-19(12-16)24-20-10-11-22(2,3)14-25(20)21(18)26/h4,6-7,9,12-13H,10-11,14H2,1-3H3. The Balaban J connectivity index is 1.75. The van der Waals surface area contributed by atoms with Gasteiger partial charge in [0.1, 0.15) is 11.5 Å². The van der Waals surface area contributed by atoms with Crippen molar-refractivity contribution in [3.8, 4) is 11.8 Å². The highest BCUT2D eigenvalue weighted by atomic mass is 16.1. The summed E-state index contributed by atoms with van der Waals surface area (Å²) in [5.41, 5.74) is 3.60. The van der Waals surface area contributed by atoms with Crippen LogP contribution in [0.5, 0.6) is 0 Å². The minimum absolute atomic E-state index is 0.0532. The number of aromatic nitrogens is 3. The van der Waals surface area contributed by atoms with Gasteiger partial charge in [0.15, 0.2) is 0 Å². The molecule has 4 rings (SSSR count). The lowest BCUT2D eigenvalue weighted by Gasteiger charge is -2.31. The molecule has 130 valence electrons. The number of hydrogen-bond acceptors (Lipinski definition) is 3. The Morgan fingerprint density at radius 2 is 2.00 bits per heavy atom. The monoisotopic (exact) mass is 343 g/mol. The zero-order valence-electron chi connectivity index (χ0n) is 15.3. The van der Waals surface area contributed by atoms with E-state index in [1.165, 1.54) is 0 Å². The molecule has 0 N–H and O–H groups in total. The fourth-order valence-electron chi connectivity index (χ4n) is 3.33. The molecule has 3 heterocycles. The Labute approximate surface area is 152 Å². The fourth-order valence-corrected chi connectivity index (χ4v) is 3.33. The van der Waals surface area contributed by atoms with E-state index in [1.807, 2.05) is 41.8 Å². The highest BCUT2D eigenvalue weighted by molar-refractivity contribution is 5.79. The van der Waals surface area contributed by atoms with Crippen LogP contribution in [0.15, 0.2) is 41.3 Å². The Kier molecular flexibility index (Phi) is 3.88. The molecule has 26 heavy (non-hydrogen) atoms. The molecule has 0 aliphatic carbocycles. The third-order valence-electron chi connectivity index (χ3n) is 4.89. The third kappa shape index (κ3) is 3.13. The van der Waals surface area contributed by atoms with Gasteiger partial charge in [-0.25, -0.2) is 9.97 Å². The molecule has 1 aromatic carbocycles. The molecule has 0 bridgehead atoms. The van der Waals surface area contributed by atoms with E-state index in [2.05, 4.69) is 30.7 Å². The molecule has 0 saturated carbocycles. The average Bonchev–Trinajstić information content (AvgIpc) is 2.62. The summed E-state index contributed by atoms with van der Waals surface area (Å²) >= 11 is 0. The van der Waals surface area contributed by atoms with E-state index in [0.29, 0.717) is 5.39 Å². The van der Waals surface area contributed by atoms with E-state index in [-0.39, 0.29) is 11.0 Å². The minimum atomic E-state index is 0.0532. The van der Waals surface area contributed by atoms with E-state index >= 15 is 0 Å². The molecule has 0 amide bonds. The molecule has 4 nitrogen and oxygen atoms in total. The van der Waals surface area contributed by atoms with Crippen LogP contribution in [0.2, 0.25) is 0 Å². The van der Waals surface area contributed by atoms with E-state index in [9.17, 15) is 4.79 Å². The largest absolute Gasteiger partial charge is 0.296 e. The van der Waals surface area contributed by atoms with Gasteiger partial charge < -0.3 is 0 Å². The van der Waals surface area contributed by atoms with Crippen molar-refractivity contribution in [3.05, 3.63) is 69.5 Å². The van der Waals surface area contributed by atoms with Gasteiger partial charge in [0.05, 0.1) is 10.9 Å². The topological polar surface area (TPSA) is 47.8 Å². The van der Waals surface area contributed by atoms with Crippen LogP contribution >= 0.6 is 0 Å². The number of hydrogen-bond donors (Lipinski definition) is 0. The Morgan fingerprint density at radius 3 is 2.77 bits per heavy atom. The zero-order chi connectivity index (χ0) is 18.3. The summed E-state index contributed by atoms with van der Waals surface area (Å²) in [6, 6.07) is 9.53. The Hall–Kier alpha value is -2.93. The number of rotatable bonds is 0. The molecule has 2 aromatic heterocycles. The second kappa shape index (κ2) is 6.10. The molecule has 4 heteroatoms. The van der Waals surface area contributed by atoms with Crippen molar-refractivity contribution in [2.45, 2.75) is 40.2 Å². The summed E-state index contributed by atoms with van der Waals surface area (Å²) < 4.78 is 1.84. The quantitative estimate of drug-likeness (QED) is 0.587. The number of pyridine rings is 1. The zero-order valence-corrected chi connectivity index (χ0v) is 15.3. The first-order valence-electron chi connectivity index (χ1n) is 8.89. The summed E-state index contributed by atoms with van der Waals surface area (Å²) in [6.07, 6.45) is 3.69. The van der Waals surface area contributed by atoms with Gasteiger partial charge in [-0.3, -0.25) is 9.36 Å². The molecule has 1 aliphatic rings. The maximum absolute atomic E-state index is 12.9. The van der Waals surface area contributed by atoms with Gasteiger partial charge in [0.2, 0.25) is 0 Å². The summed E-state index contributed by atoms with van der Waals surface area (Å²) in [5, 5.41) is 0.658. The van der Waals surface area contributed by atoms with Gasteiger partial charge in [-0.05, 0) is 54.5 Å². The van der Waals surface area contributed by atoms with Crippen LogP contribution in [0.1, 0.15) is 42.9 Å². The molecule has 3 aromatic rings. The predicted octanol–water partition coefficient (Wildman–Crippen LogP) is 3.47. The lowest BCUT2D eigenvalue weighted by atomic mass is 9.85. The first-order chi connectivity index (χ1) is 12.4. The van der Waals surface area contributed by atoms with Crippen LogP contribution in [-0.4, -0.2) is 14.5 Å². The van der Waals surface area contributed by atoms with E-state index in [4.69, 9.17) is 4.98 Å². The molecule has 0 fully saturated rings. The lowest BCUT2D eigenvalue weighted by molar-refractivity contribution is 0.240. The Morgan fingerprint density at radius 1 is 1.15 bits per heavy atom. The predicted molar refractivity (Wildman–Crippen MR) is 103 cm³/mol. The summed E-state index contributed by atoms with van der Waals surface area (Å²) in [7, 11) is 0. The van der Waals surface area contributed by atoms with Gasteiger partial charge in [0, 0.05) is 24.7 Å². The molecule has 0 spiro atoms. The maximum atomic E-state index is 12.9. The van der Waals surface area contributed by atoms with Crippen molar-refractivity contribution in [2.75, 3.05) is 0 Å². The maximum Gasteiger partial charge on any atom is 0.261 e. The van der Waals surface area contributed by atoms with Crippen LogP contribution < -0.4 is 5.56 Å². The highest BCUT2D eigenvalue weighted by Gasteiger charge is 2.27. The van der Waals surface area contributed by atoms with Crippen molar-refractivity contribution >= 4 is 10.9 Å². The van der Waals surface area contributed by atoms with Crippen LogP contribution in [0, 0.1) is 24.2 Å². The molecular weight excluding hydrogens is 322 g/mol. The van der Waals surface area contributed by atoms with Crippen LogP contribution in [-0.2, 0) is 13.0 Å². The van der Waals surface area contributed by atoms with Gasteiger partial charge in [-0.15, -0.1) is 0 Å². The van der Waals surface area contributed by atoms with Gasteiger partial charge >= 0.3 is 0 Å². The molecule has 0 radical (unpaired) electrons. The second-order valence-corrected chi connectivity index (χ2v) is 7.79. The third-order valence-corrected chi connectivity index (χ3v) is 4.89. The van der Waals surface area contributed by atoms with Gasteiger partial charge in [-0.2, -0.15) is 0 Å². The van der Waals surface area contributed by atoms with E-state index < -0.39 is 0 Å². The van der Waals surface area contributed by atoms with Crippen LogP contribution in [0.4, 0.5) is 0 Å². The molecule has 0 unspecified atom stereocenters. The molecular formula is C22H21N3O. The van der Waals surface area contributed by atoms with Crippen molar-refractivity contribution in [3.63, 3.8) is 0 Å². The first kappa shape index (κ1) is 16.5. The smallest absolute Gasteiger partial charge is 0.261 e. The normalized spacial score (nSPS) is 15.2. The molecule has 0 saturated heterocycles. The SMILES string of the molecule is Cc1ccc(C#Cc2ccc3c(=O)n4c(nc3c2)CCC(C)(C)C4)nc1. The second-order valence-electron chi connectivity index (χ2n) is 7.79. The number of benzene rings is 1. The molecule has 1 aliphatic heterocycles. The summed E-state index contributed by atoms with van der Waals surface area (Å²) in [6.45, 7) is 7.12. The van der Waals surface area contributed by atoms with E-state index in [0.717, 1.165) is 47.5 Å². The number of fused-ring (bicyclic) bond motifs is 2. The Bertz CT molecular complexity index is 1110. The minimum Gasteiger partial charge on any atom is -0.296 e. The lowest BCUT2D eigenvalue weighted by Crippen LogP contribution is -2.36. The number of nitrogens with zero attached hydrogens (tertiary/aromatic N) is 3. The van der Waals surface area contributed by atoms with Crippen molar-refractivity contribution in [1.29, 1.82) is 0 Å². The number of aryl methyl sites for hydroxylation is 2. The van der Waals surface area contributed by atoms with E-state index in [1.54, 1.807) is 6.20 Å². The summed E-state index contributed by atoms with van der Waals surface area (Å²) in [4.78, 5) is 21.9. The van der Waals surface area contributed by atoms with Crippen LogP contribution in [0.25, 0.3) is 10.9 Å². The average molecular weight is 343 g/mol. The van der Waals surface area contributed by atoms with Gasteiger partial charge in [0.25, 0.3) is 5.56 Å². The van der Waals surface area contributed by atoms with Crippen molar-refractivity contribution in [1.82, 2.24) is 14.5 Å². The van der Waals surface area contributed by atoms with Gasteiger partial charge in [-0.1, -0.05) is 25.8 Å².